The van der Waals surface area contributed by atoms with E-state index < -0.39 is 9.96 Å². The van der Waals surface area contributed by atoms with Gasteiger partial charge in [-0.1, -0.05) is 58.0 Å². The van der Waals surface area contributed by atoms with Crippen molar-refractivity contribution >= 4 is 87.4 Å². The molecule has 0 radical (unpaired) electrons. The van der Waals surface area contributed by atoms with Gasteiger partial charge >= 0.3 is 0 Å². The van der Waals surface area contributed by atoms with Crippen molar-refractivity contribution < 1.29 is 4.79 Å². The molecule has 1 amide bonds. The molecule has 1 rings (SSSR count). The summed E-state index contributed by atoms with van der Waals surface area (Å²) in [5, 5.41) is 8.69. The molecule has 0 spiro atoms. The van der Waals surface area contributed by atoms with Gasteiger partial charge in [-0.05, 0) is 30.4 Å². The molecule has 1 aromatic rings. The van der Waals surface area contributed by atoms with Crippen LogP contribution in [0.15, 0.2) is 18.2 Å². The van der Waals surface area contributed by atoms with Crippen LogP contribution in [0, 0.1) is 0 Å². The fraction of sp³-hybridized carbons (Fsp3) is 0.200. The predicted octanol–water partition coefficient (Wildman–Crippen LogP) is 3.72. The average molecular weight is 396 g/mol. The maximum Gasteiger partial charge on any atom is 0.228 e. The normalized spacial score (nSPS) is 12.4. The van der Waals surface area contributed by atoms with Crippen molar-refractivity contribution in [2.24, 2.45) is 0 Å². The highest BCUT2D eigenvalue weighted by atomic mass is 35.6. The van der Waals surface area contributed by atoms with Crippen LogP contribution in [-0.2, 0) is 4.79 Å². The average Bonchev–Trinajstić information content (AvgIpc) is 2.32. The van der Waals surface area contributed by atoms with Gasteiger partial charge < -0.3 is 16.0 Å². The maximum absolute atomic E-state index is 10.5. The number of anilines is 1. The minimum absolute atomic E-state index is 0.0971. The first-order chi connectivity index (χ1) is 9.24. The summed E-state index contributed by atoms with van der Waals surface area (Å²) in [7, 11) is 0. The summed E-state index contributed by atoms with van der Waals surface area (Å²) in [6, 6.07) is 4.81. The molecule has 0 fully saturated rings. The van der Waals surface area contributed by atoms with E-state index >= 15 is 0 Å². The zero-order valence-corrected chi connectivity index (χ0v) is 14.2. The molecule has 1 aromatic carbocycles. The van der Waals surface area contributed by atoms with E-state index in [1.54, 1.807) is 18.2 Å². The summed E-state index contributed by atoms with van der Waals surface area (Å²) in [4.78, 5) is 10.5. The third-order valence-corrected chi connectivity index (χ3v) is 3.45. The fourth-order valence-corrected chi connectivity index (χ4v) is 2.09. The molecule has 0 aliphatic carbocycles. The van der Waals surface area contributed by atoms with Crippen LogP contribution in [0.5, 0.6) is 0 Å². The Morgan fingerprint density at radius 2 is 1.95 bits per heavy atom. The summed E-state index contributed by atoms with van der Waals surface area (Å²) >= 11 is 33.9. The largest absolute Gasteiger partial charge is 0.339 e. The molecule has 0 bridgehead atoms. The Balaban J connectivity index is 2.75. The van der Waals surface area contributed by atoms with E-state index in [4.69, 9.17) is 70.2 Å². The monoisotopic (exact) mass is 393 g/mol. The van der Waals surface area contributed by atoms with Crippen LogP contribution in [-0.4, -0.2) is 21.5 Å². The minimum atomic E-state index is -1.79. The van der Waals surface area contributed by atoms with Gasteiger partial charge in [-0.2, -0.15) is 0 Å². The molecular weight excluding hydrogens is 387 g/mol. The van der Waals surface area contributed by atoms with Crippen molar-refractivity contribution in [3.8, 4) is 0 Å². The lowest BCUT2D eigenvalue weighted by atomic mass is 10.3. The number of benzene rings is 1. The van der Waals surface area contributed by atoms with E-state index in [1.807, 2.05) is 0 Å². The summed E-state index contributed by atoms with van der Waals surface area (Å²) in [5.74, 6) is 0. The Morgan fingerprint density at radius 1 is 1.30 bits per heavy atom. The number of carbonyl (C=O) groups excluding carboxylic acids is 1. The Labute approximate surface area is 146 Å². The zero-order chi connectivity index (χ0) is 15.3. The molecular formula is C10H8Cl5N3OS. The standard InChI is InChI=1S/C10H8Cl5N3OS/c11-5-1-2-6(12)7(3-5)17-9(20)18-8(16-4-19)10(13,14)15/h1-4,8H,(H,16,19)(H2,17,18,20)/t8-/m1/s1. The molecule has 0 heterocycles. The molecule has 1 atom stereocenters. The van der Waals surface area contributed by atoms with Gasteiger partial charge in [-0.3, -0.25) is 4.79 Å². The second-order valence-electron chi connectivity index (χ2n) is 3.48. The van der Waals surface area contributed by atoms with Crippen molar-refractivity contribution in [2.45, 2.75) is 9.96 Å². The molecule has 0 saturated carbocycles. The van der Waals surface area contributed by atoms with E-state index in [0.717, 1.165) is 0 Å². The highest BCUT2D eigenvalue weighted by Gasteiger charge is 2.33. The summed E-state index contributed by atoms with van der Waals surface area (Å²) in [6.07, 6.45) is -0.628. The SMILES string of the molecule is O=CN[C@H](NC(=S)Nc1cc(Cl)ccc1Cl)C(Cl)(Cl)Cl. The highest BCUT2D eigenvalue weighted by molar-refractivity contribution is 7.80. The van der Waals surface area contributed by atoms with Crippen molar-refractivity contribution in [1.29, 1.82) is 0 Å². The number of rotatable bonds is 4. The van der Waals surface area contributed by atoms with E-state index in [2.05, 4.69) is 16.0 Å². The quantitative estimate of drug-likeness (QED) is 0.315. The van der Waals surface area contributed by atoms with Crippen LogP contribution in [0.2, 0.25) is 10.0 Å². The van der Waals surface area contributed by atoms with E-state index in [1.165, 1.54) is 0 Å². The summed E-state index contributed by atoms with van der Waals surface area (Å²) in [6.45, 7) is 0. The fourth-order valence-electron chi connectivity index (χ4n) is 1.17. The molecule has 110 valence electrons. The zero-order valence-electron chi connectivity index (χ0n) is 9.59. The Bertz CT molecular complexity index is 508. The smallest absolute Gasteiger partial charge is 0.228 e. The van der Waals surface area contributed by atoms with Gasteiger partial charge in [0.15, 0.2) is 5.11 Å². The number of hydrogen-bond donors (Lipinski definition) is 3. The number of nitrogens with one attached hydrogen (secondary N) is 3. The lowest BCUT2D eigenvalue weighted by molar-refractivity contribution is -0.110. The second-order valence-corrected chi connectivity index (χ2v) is 7.10. The summed E-state index contributed by atoms with van der Waals surface area (Å²) < 4.78 is -1.79. The van der Waals surface area contributed by atoms with Crippen LogP contribution in [0.1, 0.15) is 0 Å². The molecule has 0 saturated heterocycles. The van der Waals surface area contributed by atoms with Crippen molar-refractivity contribution in [2.75, 3.05) is 5.32 Å². The molecule has 4 nitrogen and oxygen atoms in total. The Hall–Kier alpha value is -0.170. The molecule has 0 unspecified atom stereocenters. The number of hydrogen-bond acceptors (Lipinski definition) is 2. The van der Waals surface area contributed by atoms with E-state index in [9.17, 15) is 4.79 Å². The maximum atomic E-state index is 10.5. The molecule has 0 aliphatic heterocycles. The van der Waals surface area contributed by atoms with Crippen LogP contribution < -0.4 is 16.0 Å². The van der Waals surface area contributed by atoms with Gasteiger partial charge in [0.05, 0.1) is 10.7 Å². The minimum Gasteiger partial charge on any atom is -0.339 e. The third-order valence-electron chi connectivity index (χ3n) is 2.01. The van der Waals surface area contributed by atoms with Crippen LogP contribution in [0.3, 0.4) is 0 Å². The van der Waals surface area contributed by atoms with Crippen LogP contribution in [0.25, 0.3) is 0 Å². The van der Waals surface area contributed by atoms with Crippen LogP contribution >= 0.6 is 70.2 Å². The van der Waals surface area contributed by atoms with Crippen LogP contribution in [0.4, 0.5) is 5.69 Å². The van der Waals surface area contributed by atoms with Crippen molar-refractivity contribution in [3.05, 3.63) is 28.2 Å². The van der Waals surface area contributed by atoms with Gasteiger partial charge in [0.2, 0.25) is 10.2 Å². The van der Waals surface area contributed by atoms with E-state index in [-0.39, 0.29) is 5.11 Å². The van der Waals surface area contributed by atoms with Gasteiger partial charge in [0.25, 0.3) is 0 Å². The molecule has 3 N–H and O–H groups in total. The van der Waals surface area contributed by atoms with Gasteiger partial charge in [-0.25, -0.2) is 0 Å². The number of carbonyl (C=O) groups is 1. The molecule has 0 aliphatic rings. The molecule has 10 heteroatoms. The van der Waals surface area contributed by atoms with E-state index in [0.29, 0.717) is 22.1 Å². The highest BCUT2D eigenvalue weighted by Crippen LogP contribution is 2.29. The van der Waals surface area contributed by atoms with Gasteiger partial charge in [0, 0.05) is 5.02 Å². The lowest BCUT2D eigenvalue weighted by Gasteiger charge is -2.26. The van der Waals surface area contributed by atoms with Gasteiger partial charge in [-0.15, -0.1) is 0 Å². The lowest BCUT2D eigenvalue weighted by Crippen LogP contribution is -2.53. The number of thiocarbonyl (C=S) groups is 1. The Morgan fingerprint density at radius 3 is 2.50 bits per heavy atom. The first-order valence-electron chi connectivity index (χ1n) is 5.03. The number of alkyl halides is 3. The third kappa shape index (κ3) is 5.68. The Kier molecular flexibility index (Phi) is 6.91. The summed E-state index contributed by atoms with van der Waals surface area (Å²) in [5.41, 5.74) is 0.478. The molecule has 0 aromatic heterocycles. The topological polar surface area (TPSA) is 53.2 Å². The molecule has 20 heavy (non-hydrogen) atoms. The number of halogens is 5. The second kappa shape index (κ2) is 7.73. The first kappa shape index (κ1) is 17.9. The predicted molar refractivity (Wildman–Crippen MR) is 89.1 cm³/mol. The van der Waals surface area contributed by atoms with Crippen molar-refractivity contribution in [3.63, 3.8) is 0 Å². The van der Waals surface area contributed by atoms with Crippen molar-refractivity contribution in [1.82, 2.24) is 10.6 Å². The first-order valence-corrected chi connectivity index (χ1v) is 7.33. The van der Waals surface area contributed by atoms with Gasteiger partial charge in [0.1, 0.15) is 6.17 Å². The number of amides is 1.